The molecular weight excluding hydrogens is 130 g/mol. The predicted octanol–water partition coefficient (Wildman–Crippen LogP) is -0.0476. The first-order chi connectivity index (χ1) is 4.63. The lowest BCUT2D eigenvalue weighted by Gasteiger charge is -2.22. The van der Waals surface area contributed by atoms with Crippen LogP contribution in [0.15, 0.2) is 0 Å². The molecule has 0 aliphatic heterocycles. The number of amides is 2. The second-order valence-corrected chi connectivity index (χ2v) is 2.14. The van der Waals surface area contributed by atoms with Gasteiger partial charge in [0.1, 0.15) is 0 Å². The summed E-state index contributed by atoms with van der Waals surface area (Å²) in [7, 11) is 3.26. The SMILES string of the molecule is CCC(N)N(C)C(=O)NC. The van der Waals surface area contributed by atoms with Crippen LogP contribution in [-0.4, -0.2) is 31.2 Å². The number of nitrogens with zero attached hydrogens (tertiary/aromatic N) is 1. The summed E-state index contributed by atoms with van der Waals surface area (Å²) < 4.78 is 0. The highest BCUT2D eigenvalue weighted by molar-refractivity contribution is 5.73. The first-order valence-corrected chi connectivity index (χ1v) is 3.33. The van der Waals surface area contributed by atoms with E-state index in [2.05, 4.69) is 5.32 Å². The third kappa shape index (κ3) is 2.23. The predicted molar refractivity (Wildman–Crippen MR) is 40.5 cm³/mol. The van der Waals surface area contributed by atoms with Gasteiger partial charge in [0.2, 0.25) is 0 Å². The standard InChI is InChI=1S/C6H15N3O/c1-4-5(7)9(3)6(10)8-2/h5H,4,7H2,1-3H3,(H,8,10). The van der Waals surface area contributed by atoms with Gasteiger partial charge in [-0.2, -0.15) is 0 Å². The number of carbonyl (C=O) groups excluding carboxylic acids is 1. The lowest BCUT2D eigenvalue weighted by atomic mass is 10.4. The van der Waals surface area contributed by atoms with Crippen LogP contribution in [0.2, 0.25) is 0 Å². The molecule has 1 unspecified atom stereocenters. The van der Waals surface area contributed by atoms with E-state index >= 15 is 0 Å². The topological polar surface area (TPSA) is 58.4 Å². The van der Waals surface area contributed by atoms with Gasteiger partial charge in [0, 0.05) is 14.1 Å². The summed E-state index contributed by atoms with van der Waals surface area (Å²) in [6.07, 6.45) is 0.587. The Kier molecular flexibility index (Phi) is 3.79. The highest BCUT2D eigenvalue weighted by Crippen LogP contribution is 1.92. The zero-order valence-electron chi connectivity index (χ0n) is 6.72. The Hall–Kier alpha value is -0.770. The summed E-state index contributed by atoms with van der Waals surface area (Å²) in [5.74, 6) is 0. The Balaban J connectivity index is 3.81. The van der Waals surface area contributed by atoms with Crippen LogP contribution in [0.25, 0.3) is 0 Å². The number of nitrogens with one attached hydrogen (secondary N) is 1. The van der Waals surface area contributed by atoms with Crippen LogP contribution in [0.3, 0.4) is 0 Å². The molecule has 0 saturated carbocycles. The molecule has 0 aromatic heterocycles. The van der Waals surface area contributed by atoms with E-state index in [1.165, 1.54) is 4.90 Å². The normalized spacial score (nSPS) is 12.4. The molecular formula is C6H15N3O. The third-order valence-electron chi connectivity index (χ3n) is 1.45. The van der Waals surface area contributed by atoms with Gasteiger partial charge >= 0.3 is 6.03 Å². The molecule has 4 nitrogen and oxygen atoms in total. The van der Waals surface area contributed by atoms with Gasteiger partial charge in [-0.3, -0.25) is 0 Å². The second kappa shape index (κ2) is 4.11. The van der Waals surface area contributed by atoms with Crippen molar-refractivity contribution in [2.45, 2.75) is 19.5 Å². The maximum atomic E-state index is 10.8. The van der Waals surface area contributed by atoms with Crippen LogP contribution in [-0.2, 0) is 0 Å². The van der Waals surface area contributed by atoms with Crippen molar-refractivity contribution in [3.8, 4) is 0 Å². The fraction of sp³-hybridized carbons (Fsp3) is 0.833. The largest absolute Gasteiger partial charge is 0.341 e. The minimum Gasteiger partial charge on any atom is -0.341 e. The lowest BCUT2D eigenvalue weighted by Crippen LogP contribution is -2.46. The van der Waals surface area contributed by atoms with Crippen molar-refractivity contribution in [2.75, 3.05) is 14.1 Å². The third-order valence-corrected chi connectivity index (χ3v) is 1.45. The van der Waals surface area contributed by atoms with Gasteiger partial charge in [-0.25, -0.2) is 4.79 Å². The molecule has 0 aliphatic rings. The summed E-state index contributed by atoms with van der Waals surface area (Å²) in [4.78, 5) is 12.3. The van der Waals surface area contributed by atoms with E-state index in [0.717, 1.165) is 6.42 Å². The van der Waals surface area contributed by atoms with Crippen LogP contribution in [0.4, 0.5) is 4.79 Å². The zero-order valence-corrected chi connectivity index (χ0v) is 6.72. The van der Waals surface area contributed by atoms with Crippen molar-refractivity contribution < 1.29 is 4.79 Å². The minimum absolute atomic E-state index is 0.144. The molecule has 0 radical (unpaired) electrons. The van der Waals surface area contributed by atoms with Crippen molar-refractivity contribution in [1.29, 1.82) is 0 Å². The Morgan fingerprint density at radius 1 is 1.80 bits per heavy atom. The maximum absolute atomic E-state index is 10.8. The molecule has 0 aromatic carbocycles. The van der Waals surface area contributed by atoms with E-state index in [-0.39, 0.29) is 12.2 Å². The quantitative estimate of drug-likeness (QED) is 0.535. The van der Waals surface area contributed by atoms with Gasteiger partial charge < -0.3 is 16.0 Å². The molecule has 0 aliphatic carbocycles. The van der Waals surface area contributed by atoms with Crippen LogP contribution in [0.5, 0.6) is 0 Å². The van der Waals surface area contributed by atoms with Gasteiger partial charge in [0.05, 0.1) is 6.17 Å². The van der Waals surface area contributed by atoms with E-state index in [4.69, 9.17) is 5.73 Å². The molecule has 3 N–H and O–H groups in total. The van der Waals surface area contributed by atoms with E-state index < -0.39 is 0 Å². The second-order valence-electron chi connectivity index (χ2n) is 2.14. The monoisotopic (exact) mass is 145 g/mol. The molecule has 60 valence electrons. The average molecular weight is 145 g/mol. The smallest absolute Gasteiger partial charge is 0.318 e. The van der Waals surface area contributed by atoms with Crippen LogP contribution < -0.4 is 11.1 Å². The highest BCUT2D eigenvalue weighted by atomic mass is 16.2. The lowest BCUT2D eigenvalue weighted by molar-refractivity contribution is 0.192. The Morgan fingerprint density at radius 3 is 2.60 bits per heavy atom. The summed E-state index contributed by atoms with van der Waals surface area (Å²) in [5.41, 5.74) is 5.56. The summed E-state index contributed by atoms with van der Waals surface area (Å²) in [6.45, 7) is 1.93. The number of carbonyl (C=O) groups is 1. The van der Waals surface area contributed by atoms with Crippen molar-refractivity contribution in [2.24, 2.45) is 5.73 Å². The summed E-state index contributed by atoms with van der Waals surface area (Å²) in [5, 5.41) is 2.49. The van der Waals surface area contributed by atoms with Crippen molar-refractivity contribution >= 4 is 6.03 Å². The molecule has 1 atom stereocenters. The molecule has 0 saturated heterocycles. The van der Waals surface area contributed by atoms with Crippen molar-refractivity contribution in [1.82, 2.24) is 10.2 Å². The van der Waals surface area contributed by atoms with Gasteiger partial charge in [0.25, 0.3) is 0 Å². The maximum Gasteiger partial charge on any atom is 0.318 e. The molecule has 2 amide bonds. The zero-order chi connectivity index (χ0) is 8.15. The fourth-order valence-electron chi connectivity index (χ4n) is 0.601. The first kappa shape index (κ1) is 9.23. The van der Waals surface area contributed by atoms with Gasteiger partial charge in [-0.05, 0) is 6.42 Å². The molecule has 0 bridgehead atoms. The van der Waals surface area contributed by atoms with Crippen LogP contribution in [0, 0.1) is 0 Å². The van der Waals surface area contributed by atoms with E-state index in [0.29, 0.717) is 0 Å². The van der Waals surface area contributed by atoms with Gasteiger partial charge in [-0.1, -0.05) is 6.92 Å². The molecule has 0 spiro atoms. The van der Waals surface area contributed by atoms with Gasteiger partial charge in [-0.15, -0.1) is 0 Å². The molecule has 0 rings (SSSR count). The fourth-order valence-corrected chi connectivity index (χ4v) is 0.601. The molecule has 0 heterocycles. The summed E-state index contributed by atoms with van der Waals surface area (Å²) >= 11 is 0. The number of rotatable bonds is 2. The minimum atomic E-state index is -0.181. The molecule has 10 heavy (non-hydrogen) atoms. The Morgan fingerprint density at radius 2 is 2.30 bits per heavy atom. The van der Waals surface area contributed by atoms with Crippen LogP contribution >= 0.6 is 0 Å². The Labute approximate surface area is 61.4 Å². The number of urea groups is 1. The molecule has 0 aromatic rings. The number of hydrogen-bond acceptors (Lipinski definition) is 2. The molecule has 4 heteroatoms. The number of nitrogens with two attached hydrogens (primary N) is 1. The van der Waals surface area contributed by atoms with Crippen molar-refractivity contribution in [3.63, 3.8) is 0 Å². The van der Waals surface area contributed by atoms with Gasteiger partial charge in [0.15, 0.2) is 0 Å². The van der Waals surface area contributed by atoms with E-state index in [9.17, 15) is 4.79 Å². The van der Waals surface area contributed by atoms with E-state index in [1.807, 2.05) is 6.92 Å². The molecule has 0 fully saturated rings. The van der Waals surface area contributed by atoms with Crippen LogP contribution in [0.1, 0.15) is 13.3 Å². The highest BCUT2D eigenvalue weighted by Gasteiger charge is 2.11. The average Bonchev–Trinajstić information content (AvgIpc) is 2.00. The van der Waals surface area contributed by atoms with Crippen molar-refractivity contribution in [3.05, 3.63) is 0 Å². The van der Waals surface area contributed by atoms with E-state index in [1.54, 1.807) is 14.1 Å². The number of hydrogen-bond donors (Lipinski definition) is 2. The first-order valence-electron chi connectivity index (χ1n) is 3.33. The summed E-state index contributed by atoms with van der Waals surface area (Å²) in [6, 6.07) is -0.144. The Bertz CT molecular complexity index is 116.